The lowest BCUT2D eigenvalue weighted by molar-refractivity contribution is 0.415. The van der Waals surface area contributed by atoms with Gasteiger partial charge in [0.25, 0.3) is 0 Å². The molecule has 0 unspecified atom stereocenters. The van der Waals surface area contributed by atoms with Crippen LogP contribution in [0, 0.1) is 6.92 Å². The molecule has 0 aliphatic rings. The molecule has 4 rings (SSSR count). The van der Waals surface area contributed by atoms with Gasteiger partial charge in [0.2, 0.25) is 5.13 Å². The van der Waals surface area contributed by atoms with Crippen LogP contribution in [0.25, 0.3) is 0 Å². The molecule has 0 saturated heterocycles. The Bertz CT molecular complexity index is 1430. The van der Waals surface area contributed by atoms with Crippen molar-refractivity contribution in [2.45, 2.75) is 13.8 Å². The van der Waals surface area contributed by atoms with E-state index < -0.39 is 0 Å². The van der Waals surface area contributed by atoms with Crippen molar-refractivity contribution in [3.8, 4) is 17.2 Å². The highest BCUT2D eigenvalue weighted by Gasteiger charge is 2.07. The van der Waals surface area contributed by atoms with Crippen LogP contribution in [0.1, 0.15) is 18.2 Å². The second-order valence-corrected chi connectivity index (χ2v) is 8.51. The minimum atomic E-state index is -0.146. The molecule has 0 fully saturated rings. The van der Waals surface area contributed by atoms with Crippen molar-refractivity contribution in [2.75, 3.05) is 12.5 Å². The number of benzene rings is 3. The first-order valence-electron chi connectivity index (χ1n) is 10.8. The zero-order valence-electron chi connectivity index (χ0n) is 19.7. The fourth-order valence-electron chi connectivity index (χ4n) is 2.95. The number of phenols is 2. The van der Waals surface area contributed by atoms with Gasteiger partial charge in [-0.05, 0) is 67.9 Å². The molecule has 0 atom stereocenters. The van der Waals surface area contributed by atoms with E-state index in [1.807, 2.05) is 50.2 Å². The zero-order valence-corrected chi connectivity index (χ0v) is 20.6. The predicted molar refractivity (Wildman–Crippen MR) is 140 cm³/mol. The van der Waals surface area contributed by atoms with Crippen LogP contribution >= 0.6 is 11.3 Å². The van der Waals surface area contributed by atoms with Gasteiger partial charge in [-0.2, -0.15) is 10.2 Å². The normalized spacial score (nSPS) is 11.9. The van der Waals surface area contributed by atoms with Gasteiger partial charge in [-0.15, -0.1) is 15.3 Å². The van der Waals surface area contributed by atoms with E-state index in [1.54, 1.807) is 19.2 Å². The number of aryl methyl sites for hydroxylation is 1. The van der Waals surface area contributed by atoms with E-state index in [-0.39, 0.29) is 17.2 Å². The average Bonchev–Trinajstić information content (AvgIpc) is 3.25. The van der Waals surface area contributed by atoms with Crippen molar-refractivity contribution in [1.29, 1.82) is 0 Å². The summed E-state index contributed by atoms with van der Waals surface area (Å²) in [7, 11) is 1.62. The standard InChI is InChI=1S/C25H23N7O3S/c1-15(17-4-6-18(7-5-17)28-30-22-13-10-20(33)14-23(22)34)27-32-25-26-16(2)24(36-25)31-29-19-8-11-21(35-3)12-9-19/h4-14,33-34H,1-3H3,(H,26,32). The lowest BCUT2D eigenvalue weighted by atomic mass is 10.1. The van der Waals surface area contributed by atoms with Gasteiger partial charge in [-0.25, -0.2) is 4.98 Å². The van der Waals surface area contributed by atoms with E-state index in [9.17, 15) is 10.2 Å². The van der Waals surface area contributed by atoms with Gasteiger partial charge in [0.05, 0.1) is 29.9 Å². The highest BCUT2D eigenvalue weighted by Crippen LogP contribution is 2.33. The fraction of sp³-hybridized carbons (Fsp3) is 0.120. The maximum absolute atomic E-state index is 9.80. The fourth-order valence-corrected chi connectivity index (χ4v) is 3.69. The van der Waals surface area contributed by atoms with Crippen LogP contribution in [0.3, 0.4) is 0 Å². The van der Waals surface area contributed by atoms with Crippen LogP contribution < -0.4 is 10.2 Å². The molecule has 4 aromatic rings. The lowest BCUT2D eigenvalue weighted by Crippen LogP contribution is -1.99. The van der Waals surface area contributed by atoms with E-state index in [0.29, 0.717) is 15.8 Å². The van der Waals surface area contributed by atoms with Crippen molar-refractivity contribution >= 4 is 44.2 Å². The molecule has 0 aliphatic heterocycles. The number of anilines is 1. The molecular weight excluding hydrogens is 478 g/mol. The first kappa shape index (κ1) is 24.5. The van der Waals surface area contributed by atoms with Gasteiger partial charge >= 0.3 is 0 Å². The van der Waals surface area contributed by atoms with E-state index in [4.69, 9.17) is 4.74 Å². The van der Waals surface area contributed by atoms with Crippen molar-refractivity contribution in [3.05, 3.63) is 78.0 Å². The summed E-state index contributed by atoms with van der Waals surface area (Å²) in [6.07, 6.45) is 0. The van der Waals surface area contributed by atoms with E-state index in [2.05, 4.69) is 36.0 Å². The SMILES string of the molecule is COc1ccc(N=Nc2sc(NN=C(C)c3ccc(N=Nc4ccc(O)cc4O)cc3)nc2C)cc1. The third kappa shape index (κ3) is 6.27. The Kier molecular flexibility index (Phi) is 7.61. The second-order valence-electron chi connectivity index (χ2n) is 7.54. The van der Waals surface area contributed by atoms with Crippen LogP contribution in [-0.4, -0.2) is 28.0 Å². The van der Waals surface area contributed by atoms with Gasteiger partial charge < -0.3 is 14.9 Å². The lowest BCUT2D eigenvalue weighted by Gasteiger charge is -2.02. The van der Waals surface area contributed by atoms with Crippen LogP contribution in [0.5, 0.6) is 17.2 Å². The summed E-state index contributed by atoms with van der Waals surface area (Å²) in [6, 6.07) is 18.8. The molecule has 3 N–H and O–H groups in total. The Morgan fingerprint density at radius 3 is 2.22 bits per heavy atom. The predicted octanol–water partition coefficient (Wildman–Crippen LogP) is 7.54. The Hall–Kier alpha value is -4.64. The number of hydrogen-bond donors (Lipinski definition) is 3. The van der Waals surface area contributed by atoms with Crippen LogP contribution in [0.2, 0.25) is 0 Å². The quantitative estimate of drug-likeness (QED) is 0.130. The molecular formula is C25H23N7O3S. The van der Waals surface area contributed by atoms with Gasteiger partial charge in [-0.1, -0.05) is 23.5 Å². The van der Waals surface area contributed by atoms with Gasteiger partial charge in [0, 0.05) is 6.07 Å². The highest BCUT2D eigenvalue weighted by molar-refractivity contribution is 7.19. The molecule has 182 valence electrons. The molecule has 0 amide bonds. The third-order valence-corrected chi connectivity index (χ3v) is 5.88. The van der Waals surface area contributed by atoms with Crippen molar-refractivity contribution in [3.63, 3.8) is 0 Å². The summed E-state index contributed by atoms with van der Waals surface area (Å²) in [4.78, 5) is 4.46. The molecule has 3 aromatic carbocycles. The Balaban J connectivity index is 1.38. The summed E-state index contributed by atoms with van der Waals surface area (Å²) >= 11 is 1.35. The molecule has 0 aliphatic carbocycles. The number of phenolic OH excluding ortho intramolecular Hbond substituents is 2. The monoisotopic (exact) mass is 501 g/mol. The number of ether oxygens (including phenoxy) is 1. The Labute approximate surface area is 211 Å². The molecule has 0 saturated carbocycles. The molecule has 1 aromatic heterocycles. The number of nitrogens with zero attached hydrogens (tertiary/aromatic N) is 6. The first-order chi connectivity index (χ1) is 17.4. The van der Waals surface area contributed by atoms with Gasteiger partial charge in [-0.3, -0.25) is 5.43 Å². The van der Waals surface area contributed by atoms with Crippen LogP contribution in [-0.2, 0) is 0 Å². The molecule has 10 nitrogen and oxygen atoms in total. The number of hydrazone groups is 1. The third-order valence-electron chi connectivity index (χ3n) is 4.94. The topological polar surface area (TPSA) is 136 Å². The number of aromatic nitrogens is 1. The van der Waals surface area contributed by atoms with Crippen molar-refractivity contribution in [2.24, 2.45) is 25.6 Å². The number of rotatable bonds is 8. The molecule has 36 heavy (non-hydrogen) atoms. The number of aromatic hydroxyl groups is 2. The summed E-state index contributed by atoms with van der Waals surface area (Å²) in [6.45, 7) is 3.74. The minimum absolute atomic E-state index is 0.0405. The molecule has 0 spiro atoms. The first-order valence-corrected chi connectivity index (χ1v) is 11.6. The largest absolute Gasteiger partial charge is 0.508 e. The van der Waals surface area contributed by atoms with Gasteiger partial charge in [0.1, 0.15) is 22.9 Å². The Morgan fingerprint density at radius 2 is 1.56 bits per heavy atom. The van der Waals surface area contributed by atoms with E-state index >= 15 is 0 Å². The van der Waals surface area contributed by atoms with Crippen molar-refractivity contribution in [1.82, 2.24) is 4.98 Å². The molecule has 0 radical (unpaired) electrons. The molecule has 11 heteroatoms. The molecule has 0 bridgehead atoms. The number of azo groups is 2. The minimum Gasteiger partial charge on any atom is -0.508 e. The number of nitrogens with one attached hydrogen (secondary N) is 1. The highest BCUT2D eigenvalue weighted by atomic mass is 32.1. The molecule has 1 heterocycles. The summed E-state index contributed by atoms with van der Waals surface area (Å²) in [5, 5.41) is 41.6. The Morgan fingerprint density at radius 1 is 0.889 bits per heavy atom. The van der Waals surface area contributed by atoms with Gasteiger partial charge in [0.15, 0.2) is 5.00 Å². The average molecular weight is 502 g/mol. The van der Waals surface area contributed by atoms with Crippen molar-refractivity contribution < 1.29 is 14.9 Å². The summed E-state index contributed by atoms with van der Waals surface area (Å²) in [5.41, 5.74) is 6.96. The zero-order chi connectivity index (χ0) is 25.5. The van der Waals surface area contributed by atoms with E-state index in [0.717, 1.165) is 28.4 Å². The summed E-state index contributed by atoms with van der Waals surface area (Å²) < 4.78 is 5.15. The summed E-state index contributed by atoms with van der Waals surface area (Å²) in [5.74, 6) is 0.574. The smallest absolute Gasteiger partial charge is 0.205 e. The van der Waals surface area contributed by atoms with Crippen LogP contribution in [0.15, 0.2) is 92.3 Å². The maximum Gasteiger partial charge on any atom is 0.205 e. The van der Waals surface area contributed by atoms with E-state index in [1.165, 1.54) is 29.5 Å². The number of thiazole rings is 1. The number of hydrogen-bond acceptors (Lipinski definition) is 11. The maximum atomic E-state index is 9.80. The second kappa shape index (κ2) is 11.2. The number of methoxy groups -OCH3 is 1. The van der Waals surface area contributed by atoms with Crippen LogP contribution in [0.4, 0.5) is 27.2 Å².